The van der Waals surface area contributed by atoms with Gasteiger partial charge < -0.3 is 14.7 Å². The fraction of sp³-hybridized carbons (Fsp3) is 0.172. The van der Waals surface area contributed by atoms with Crippen molar-refractivity contribution in [1.29, 1.82) is 0 Å². The molecule has 34 heavy (non-hydrogen) atoms. The summed E-state index contributed by atoms with van der Waals surface area (Å²) in [6.07, 6.45) is 3.95. The molecule has 1 heterocycles. The second kappa shape index (κ2) is 10.7. The SMILES string of the molecule is CCCOc1cccc(C2C(C(=O)/C=C/c3ccccc3)=C(O)C(=O)N2Cc2ccccc2)c1. The lowest BCUT2D eigenvalue weighted by atomic mass is 9.95. The minimum atomic E-state index is -0.731. The van der Waals surface area contributed by atoms with Gasteiger partial charge in [0.25, 0.3) is 5.91 Å². The monoisotopic (exact) mass is 453 g/mol. The van der Waals surface area contributed by atoms with E-state index < -0.39 is 23.5 Å². The van der Waals surface area contributed by atoms with Gasteiger partial charge in [-0.05, 0) is 41.3 Å². The van der Waals surface area contributed by atoms with Crippen molar-refractivity contribution in [2.75, 3.05) is 6.61 Å². The molecule has 0 radical (unpaired) electrons. The highest BCUT2D eigenvalue weighted by atomic mass is 16.5. The molecule has 0 aliphatic carbocycles. The standard InChI is InChI=1S/C29H27NO4/c1-2-18-34-24-15-9-14-23(19-24)27-26(25(31)17-16-21-10-5-3-6-11-21)28(32)29(33)30(27)20-22-12-7-4-8-13-22/h3-17,19,27,32H,2,18,20H2,1H3/b17-16+. The minimum Gasteiger partial charge on any atom is -0.503 e. The molecule has 1 amide bonds. The summed E-state index contributed by atoms with van der Waals surface area (Å²) >= 11 is 0. The number of aliphatic hydroxyl groups is 1. The molecule has 1 unspecified atom stereocenters. The van der Waals surface area contributed by atoms with E-state index in [9.17, 15) is 14.7 Å². The maximum absolute atomic E-state index is 13.3. The molecular formula is C29H27NO4. The molecule has 0 fully saturated rings. The third kappa shape index (κ3) is 5.09. The minimum absolute atomic E-state index is 0.0701. The molecule has 0 aromatic heterocycles. The van der Waals surface area contributed by atoms with Gasteiger partial charge in [-0.25, -0.2) is 0 Å². The van der Waals surface area contributed by atoms with E-state index in [0.717, 1.165) is 17.5 Å². The normalized spacial score (nSPS) is 15.9. The highest BCUT2D eigenvalue weighted by molar-refractivity contribution is 6.14. The van der Waals surface area contributed by atoms with Gasteiger partial charge in [0, 0.05) is 6.54 Å². The zero-order valence-electron chi connectivity index (χ0n) is 19.1. The molecule has 0 bridgehead atoms. The van der Waals surface area contributed by atoms with Crippen LogP contribution in [0, 0.1) is 0 Å². The third-order valence-corrected chi connectivity index (χ3v) is 5.64. The molecule has 1 atom stereocenters. The first-order chi connectivity index (χ1) is 16.6. The van der Waals surface area contributed by atoms with Crippen LogP contribution in [0.1, 0.15) is 36.1 Å². The van der Waals surface area contributed by atoms with Crippen molar-refractivity contribution >= 4 is 17.8 Å². The van der Waals surface area contributed by atoms with Gasteiger partial charge in [0.2, 0.25) is 0 Å². The van der Waals surface area contributed by atoms with Gasteiger partial charge in [0.1, 0.15) is 5.75 Å². The molecule has 5 heteroatoms. The summed E-state index contributed by atoms with van der Waals surface area (Å²) in [7, 11) is 0. The molecule has 0 saturated carbocycles. The molecule has 0 spiro atoms. The molecule has 0 saturated heterocycles. The van der Waals surface area contributed by atoms with Gasteiger partial charge in [-0.3, -0.25) is 9.59 Å². The lowest BCUT2D eigenvalue weighted by Gasteiger charge is -2.27. The van der Waals surface area contributed by atoms with Crippen LogP contribution in [0.25, 0.3) is 6.08 Å². The molecular weight excluding hydrogens is 426 g/mol. The molecule has 1 aliphatic heterocycles. The van der Waals surface area contributed by atoms with E-state index in [1.54, 1.807) is 6.08 Å². The van der Waals surface area contributed by atoms with Crippen LogP contribution >= 0.6 is 0 Å². The van der Waals surface area contributed by atoms with E-state index >= 15 is 0 Å². The Morgan fingerprint density at radius 1 is 1.00 bits per heavy atom. The maximum atomic E-state index is 13.3. The molecule has 1 N–H and O–H groups in total. The Bertz CT molecular complexity index is 1220. The number of nitrogens with zero attached hydrogens (tertiary/aromatic N) is 1. The number of rotatable bonds is 9. The zero-order valence-corrected chi connectivity index (χ0v) is 19.1. The molecule has 4 rings (SSSR count). The number of ether oxygens (including phenoxy) is 1. The van der Waals surface area contributed by atoms with Gasteiger partial charge in [0.15, 0.2) is 11.5 Å². The van der Waals surface area contributed by atoms with Crippen LogP contribution in [0.3, 0.4) is 0 Å². The number of benzene rings is 3. The molecule has 3 aromatic rings. The summed E-state index contributed by atoms with van der Waals surface area (Å²) in [4.78, 5) is 28.0. The van der Waals surface area contributed by atoms with Crippen molar-refractivity contribution in [1.82, 2.24) is 4.90 Å². The number of allylic oxidation sites excluding steroid dienone is 1. The fourth-order valence-electron chi connectivity index (χ4n) is 4.02. The van der Waals surface area contributed by atoms with Gasteiger partial charge in [-0.1, -0.05) is 85.8 Å². The lowest BCUT2D eigenvalue weighted by Crippen LogP contribution is -2.30. The van der Waals surface area contributed by atoms with Crippen molar-refractivity contribution in [3.8, 4) is 5.75 Å². The third-order valence-electron chi connectivity index (χ3n) is 5.64. The first-order valence-electron chi connectivity index (χ1n) is 11.4. The van der Waals surface area contributed by atoms with Crippen LogP contribution in [0.5, 0.6) is 5.75 Å². The first-order valence-corrected chi connectivity index (χ1v) is 11.4. The Balaban J connectivity index is 1.72. The summed E-state index contributed by atoms with van der Waals surface area (Å²) in [5.74, 6) is -0.826. The van der Waals surface area contributed by atoms with E-state index in [1.165, 1.54) is 11.0 Å². The predicted molar refractivity (Wildman–Crippen MR) is 132 cm³/mol. The molecule has 5 nitrogen and oxygen atoms in total. The fourth-order valence-corrected chi connectivity index (χ4v) is 4.02. The Kier molecular flexibility index (Phi) is 7.23. The van der Waals surface area contributed by atoms with Crippen molar-refractivity contribution in [3.05, 3.63) is 119 Å². The molecule has 1 aliphatic rings. The Hall–Kier alpha value is -4.12. The Morgan fingerprint density at radius 2 is 1.71 bits per heavy atom. The summed E-state index contributed by atoms with van der Waals surface area (Å²) in [6, 6.07) is 25.6. The van der Waals surface area contributed by atoms with Crippen LogP contribution in [0.15, 0.2) is 102 Å². The van der Waals surface area contributed by atoms with Gasteiger partial charge in [-0.2, -0.15) is 0 Å². The largest absolute Gasteiger partial charge is 0.503 e. The maximum Gasteiger partial charge on any atom is 0.290 e. The van der Waals surface area contributed by atoms with Crippen LogP contribution in [-0.2, 0) is 16.1 Å². The number of amides is 1. The predicted octanol–water partition coefficient (Wildman–Crippen LogP) is 5.65. The average molecular weight is 454 g/mol. The summed E-state index contributed by atoms with van der Waals surface area (Å²) in [5.41, 5.74) is 2.53. The Morgan fingerprint density at radius 3 is 2.41 bits per heavy atom. The summed E-state index contributed by atoms with van der Waals surface area (Å²) in [5, 5.41) is 10.8. The Labute approximate surface area is 199 Å². The topological polar surface area (TPSA) is 66.8 Å². The van der Waals surface area contributed by atoms with E-state index in [2.05, 4.69) is 0 Å². The second-order valence-electron chi connectivity index (χ2n) is 8.11. The quantitative estimate of drug-likeness (QED) is 0.425. The summed E-state index contributed by atoms with van der Waals surface area (Å²) < 4.78 is 5.78. The van der Waals surface area contributed by atoms with Crippen molar-refractivity contribution in [3.63, 3.8) is 0 Å². The molecule has 3 aromatic carbocycles. The van der Waals surface area contributed by atoms with Crippen LogP contribution < -0.4 is 4.74 Å². The number of hydrogen-bond acceptors (Lipinski definition) is 4. The highest BCUT2D eigenvalue weighted by Gasteiger charge is 2.43. The smallest absolute Gasteiger partial charge is 0.290 e. The van der Waals surface area contributed by atoms with E-state index in [-0.39, 0.29) is 12.1 Å². The van der Waals surface area contributed by atoms with Crippen LogP contribution in [0.2, 0.25) is 0 Å². The number of carbonyl (C=O) groups is 2. The number of hydrogen-bond donors (Lipinski definition) is 1. The van der Waals surface area contributed by atoms with Crippen molar-refractivity contribution in [2.45, 2.75) is 25.9 Å². The van der Waals surface area contributed by atoms with Crippen LogP contribution in [-0.4, -0.2) is 28.3 Å². The van der Waals surface area contributed by atoms with E-state index in [1.807, 2.05) is 91.9 Å². The van der Waals surface area contributed by atoms with Gasteiger partial charge in [-0.15, -0.1) is 0 Å². The van der Waals surface area contributed by atoms with Crippen molar-refractivity contribution in [2.24, 2.45) is 0 Å². The number of carbonyl (C=O) groups excluding carboxylic acids is 2. The summed E-state index contributed by atoms with van der Waals surface area (Å²) in [6.45, 7) is 2.85. The van der Waals surface area contributed by atoms with Crippen LogP contribution in [0.4, 0.5) is 0 Å². The second-order valence-corrected chi connectivity index (χ2v) is 8.11. The van der Waals surface area contributed by atoms with E-state index in [4.69, 9.17) is 4.74 Å². The molecule has 172 valence electrons. The highest BCUT2D eigenvalue weighted by Crippen LogP contribution is 2.40. The first kappa shape index (κ1) is 23.1. The van der Waals surface area contributed by atoms with Crippen molar-refractivity contribution < 1.29 is 19.4 Å². The number of aliphatic hydroxyl groups excluding tert-OH is 1. The number of ketones is 1. The van der Waals surface area contributed by atoms with E-state index in [0.29, 0.717) is 17.9 Å². The van der Waals surface area contributed by atoms with Gasteiger partial charge >= 0.3 is 0 Å². The lowest BCUT2D eigenvalue weighted by molar-refractivity contribution is -0.130. The zero-order chi connectivity index (χ0) is 23.9. The average Bonchev–Trinajstić information content (AvgIpc) is 3.12. The van der Waals surface area contributed by atoms with Gasteiger partial charge in [0.05, 0.1) is 18.2 Å².